The summed E-state index contributed by atoms with van der Waals surface area (Å²) in [6.07, 6.45) is 0. The quantitative estimate of drug-likeness (QED) is 0.359. The first-order valence-corrected chi connectivity index (χ1v) is 3.10. The second-order valence-corrected chi connectivity index (χ2v) is 2.65. The second kappa shape index (κ2) is 5.95. The van der Waals surface area contributed by atoms with E-state index < -0.39 is 9.05 Å². The van der Waals surface area contributed by atoms with Crippen molar-refractivity contribution in [2.24, 2.45) is 0 Å². The summed E-state index contributed by atoms with van der Waals surface area (Å²) in [4.78, 5) is 0. The Hall–Kier alpha value is 1.82. The zero-order valence-corrected chi connectivity index (χ0v) is 6.75. The van der Waals surface area contributed by atoms with E-state index in [1.165, 1.54) is 0 Å². The third kappa shape index (κ3) is 79.8. The van der Waals surface area contributed by atoms with Gasteiger partial charge in [0.1, 0.15) is 0 Å². The third-order valence-corrected chi connectivity index (χ3v) is 0. The Kier molecular flexibility index (Phi) is 13.5. The summed E-state index contributed by atoms with van der Waals surface area (Å²) in [5, 5.41) is 0. The average Bonchev–Trinajstić information content (AvgIpc) is 0.722. The summed E-state index contributed by atoms with van der Waals surface area (Å²) in [6, 6.07) is 0. The maximum Gasteiger partial charge on any atom is 1.00 e. The fourth-order valence-corrected chi connectivity index (χ4v) is 0. The minimum absolute atomic E-state index is 0. The molecule has 0 rings (SSSR count). The van der Waals surface area contributed by atoms with Crippen LogP contribution < -0.4 is 29.6 Å². The van der Waals surface area contributed by atoms with Crippen LogP contribution in [0.15, 0.2) is 0 Å². The van der Waals surface area contributed by atoms with Gasteiger partial charge in [-0.25, -0.2) is 0 Å². The summed E-state index contributed by atoms with van der Waals surface area (Å²) < 4.78 is 24.0. The van der Waals surface area contributed by atoms with Gasteiger partial charge in [-0.1, -0.05) is 0 Å². The Bertz CT molecular complexity index is 100. The van der Waals surface area contributed by atoms with Crippen molar-refractivity contribution >= 4 is 37.6 Å². The van der Waals surface area contributed by atoms with Gasteiger partial charge in [0.25, 0.3) is 9.05 Å². The van der Waals surface area contributed by atoms with E-state index in [-0.39, 0.29) is 48.3 Å². The van der Waals surface area contributed by atoms with E-state index in [4.69, 9.17) is 13.3 Å². The van der Waals surface area contributed by atoms with Crippen molar-refractivity contribution < 1.29 is 44.3 Å². The van der Waals surface area contributed by atoms with Crippen molar-refractivity contribution in [3.05, 3.63) is 0 Å². The third-order valence-electron chi connectivity index (χ3n) is 0. The molecule has 0 heterocycles. The molecule has 2 N–H and O–H groups in total. The van der Waals surface area contributed by atoms with E-state index in [1.807, 2.05) is 0 Å². The molecular formula is H6AlNaO3S2. The summed E-state index contributed by atoms with van der Waals surface area (Å²) in [6.45, 7) is 0. The maximum atomic E-state index is 9.11. The molecule has 0 amide bonds. The first-order chi connectivity index (χ1) is 2.00. The zero-order chi connectivity index (χ0) is 4.50. The van der Waals surface area contributed by atoms with E-state index in [0.29, 0.717) is 0 Å². The standard InChI is InChI=1S/Al.Na.H2O3S2.4H/c;;1-5(2,3)4;;;;/h;;(H2,1,2,3,4);;;;/q;+1;;;;;-1. The minimum Gasteiger partial charge on any atom is -1.00 e. The largest absolute Gasteiger partial charge is 1.00 e. The first kappa shape index (κ1) is 15.9. The Morgan fingerprint density at radius 2 is 1.57 bits per heavy atom. The molecule has 7 heavy (non-hydrogen) atoms. The van der Waals surface area contributed by atoms with Gasteiger partial charge in [-0.15, -0.1) is 0 Å². The number of rotatable bonds is 0. The molecule has 7 heteroatoms. The van der Waals surface area contributed by atoms with Crippen LogP contribution >= 0.6 is 0 Å². The average molecular weight is 168 g/mol. The summed E-state index contributed by atoms with van der Waals surface area (Å²) in [7, 11) is -3.83. The van der Waals surface area contributed by atoms with Crippen LogP contribution in [-0.2, 0) is 20.2 Å². The molecule has 0 saturated heterocycles. The number of hydrogen-bond donors (Lipinski definition) is 2. The second-order valence-electron chi connectivity index (χ2n) is 0.448. The van der Waals surface area contributed by atoms with Gasteiger partial charge in [-0.05, 0) is 0 Å². The van der Waals surface area contributed by atoms with Crippen molar-refractivity contribution in [2.45, 2.75) is 0 Å². The molecule has 0 saturated carbocycles. The van der Waals surface area contributed by atoms with E-state index in [0.717, 1.165) is 0 Å². The molecule has 0 radical (unpaired) electrons. The molecular weight excluding hydrogens is 162 g/mol. The van der Waals surface area contributed by atoms with Gasteiger partial charge in [-0.3, -0.25) is 9.11 Å². The SMILES string of the molecule is O=S(O)(O)=S.[AlH3].[H-].[Na+]. The van der Waals surface area contributed by atoms with Gasteiger partial charge in [0.05, 0.1) is 0 Å². The monoisotopic (exact) mass is 168 g/mol. The van der Waals surface area contributed by atoms with Crippen LogP contribution in [0.4, 0.5) is 0 Å². The van der Waals surface area contributed by atoms with Crippen LogP contribution in [0.5, 0.6) is 0 Å². The fourth-order valence-electron chi connectivity index (χ4n) is 0. The summed E-state index contributed by atoms with van der Waals surface area (Å²) in [5.41, 5.74) is 0. The van der Waals surface area contributed by atoms with Crippen molar-refractivity contribution in [3.8, 4) is 0 Å². The van der Waals surface area contributed by atoms with Gasteiger partial charge in [0, 0.05) is 11.2 Å². The van der Waals surface area contributed by atoms with E-state index >= 15 is 0 Å². The normalized spacial score (nSPS) is 8.29. The molecule has 3 nitrogen and oxygen atoms in total. The van der Waals surface area contributed by atoms with Gasteiger partial charge >= 0.3 is 29.6 Å². The predicted molar refractivity (Wildman–Crippen MR) is 31.8 cm³/mol. The molecule has 0 aliphatic heterocycles. The number of hydrogen-bond acceptors (Lipinski definition) is 2. The molecule has 0 aliphatic carbocycles. The van der Waals surface area contributed by atoms with Crippen LogP contribution in [-0.4, -0.2) is 30.7 Å². The van der Waals surface area contributed by atoms with Crippen LogP contribution in [0.25, 0.3) is 0 Å². The Labute approximate surface area is 81.1 Å². The van der Waals surface area contributed by atoms with Crippen LogP contribution in [0.3, 0.4) is 0 Å². The predicted octanol–water partition coefficient (Wildman–Crippen LogP) is -4.39. The van der Waals surface area contributed by atoms with E-state index in [1.54, 1.807) is 0 Å². The summed E-state index contributed by atoms with van der Waals surface area (Å²) >= 11 is 3.47. The molecule has 0 aromatic rings. The molecule has 0 aliphatic rings. The van der Waals surface area contributed by atoms with Crippen LogP contribution in [0.1, 0.15) is 1.43 Å². The van der Waals surface area contributed by atoms with Crippen molar-refractivity contribution in [2.75, 3.05) is 0 Å². The Morgan fingerprint density at radius 1 is 1.57 bits per heavy atom. The zero-order valence-electron chi connectivity index (χ0n) is 4.12. The van der Waals surface area contributed by atoms with Crippen molar-refractivity contribution in [3.63, 3.8) is 0 Å². The maximum absolute atomic E-state index is 9.11. The van der Waals surface area contributed by atoms with Crippen LogP contribution in [0.2, 0.25) is 0 Å². The van der Waals surface area contributed by atoms with Gasteiger partial charge < -0.3 is 1.43 Å². The Balaban J connectivity index is -0.0000000267. The van der Waals surface area contributed by atoms with Crippen molar-refractivity contribution in [1.82, 2.24) is 0 Å². The molecule has 0 aromatic heterocycles. The molecule has 0 atom stereocenters. The Morgan fingerprint density at radius 3 is 1.57 bits per heavy atom. The molecule has 40 valence electrons. The van der Waals surface area contributed by atoms with Crippen molar-refractivity contribution in [1.29, 1.82) is 0 Å². The fraction of sp³-hybridized carbons (Fsp3) is 0. The molecule has 0 spiro atoms. The first-order valence-electron chi connectivity index (χ1n) is 0.698. The summed E-state index contributed by atoms with van der Waals surface area (Å²) in [5.74, 6) is 0. The molecule has 0 bridgehead atoms. The van der Waals surface area contributed by atoms with E-state index in [2.05, 4.69) is 11.2 Å². The molecule has 0 aromatic carbocycles. The van der Waals surface area contributed by atoms with Gasteiger partial charge in [-0.2, -0.15) is 4.21 Å². The van der Waals surface area contributed by atoms with Crippen LogP contribution in [0, 0.1) is 0 Å². The molecule has 0 fully saturated rings. The molecule has 0 unspecified atom stereocenters. The van der Waals surface area contributed by atoms with E-state index in [9.17, 15) is 0 Å². The van der Waals surface area contributed by atoms with Gasteiger partial charge in [0.15, 0.2) is 17.4 Å². The smallest absolute Gasteiger partial charge is 1.00 e. The van der Waals surface area contributed by atoms with Gasteiger partial charge in [0.2, 0.25) is 0 Å². The minimum atomic E-state index is -3.83. The topological polar surface area (TPSA) is 57.5 Å².